The molecule has 0 radical (unpaired) electrons. The molecule has 1 saturated heterocycles. The topological polar surface area (TPSA) is 50.2 Å². The van der Waals surface area contributed by atoms with Crippen molar-refractivity contribution in [2.24, 2.45) is 11.3 Å². The Morgan fingerprint density at radius 1 is 1.24 bits per heavy atom. The molecule has 1 N–H and O–H groups in total. The van der Waals surface area contributed by atoms with Gasteiger partial charge >= 0.3 is 6.03 Å². The van der Waals surface area contributed by atoms with Crippen molar-refractivity contribution in [3.63, 3.8) is 0 Å². The largest absolute Gasteiger partial charge is 0.335 e. The first-order valence-corrected chi connectivity index (χ1v) is 13.1. The number of allylic oxidation sites excluding steroid dienone is 1. The second kappa shape index (κ2) is 9.55. The van der Waals surface area contributed by atoms with E-state index < -0.39 is 0 Å². The highest BCUT2D eigenvalue weighted by molar-refractivity contribution is 5.74. The van der Waals surface area contributed by atoms with Crippen molar-refractivity contribution in [2.45, 2.75) is 77.7 Å². The van der Waals surface area contributed by atoms with E-state index in [9.17, 15) is 9.18 Å². The minimum Gasteiger partial charge on any atom is -0.335 e. The summed E-state index contributed by atoms with van der Waals surface area (Å²) in [5, 5.41) is 8.05. The van der Waals surface area contributed by atoms with E-state index in [4.69, 9.17) is 0 Å². The number of halogens is 1. The van der Waals surface area contributed by atoms with Gasteiger partial charge in [0.25, 0.3) is 0 Å². The van der Waals surface area contributed by atoms with Crippen LogP contribution in [-0.4, -0.2) is 39.8 Å². The Bertz CT molecular complexity index is 1050. The molecule has 1 aromatic heterocycles. The third-order valence-electron chi connectivity index (χ3n) is 8.40. The standard InChI is InChI=1S/C28H37FN4O/c1-3-7-24(31-27(34)32-14-5-4-6-15-32)16-21-8-9-22-17-26-20(18-28(21,22)2)19-30-33(26)25-12-10-23(29)11-13-25/h10-13,17,19,21,24H,3-9,14-16,18H2,1-2H3,(H,31,34)/t21-,24?,28-/m1/s1. The van der Waals surface area contributed by atoms with Crippen LogP contribution in [-0.2, 0) is 6.42 Å². The normalized spacial score (nSPS) is 24.9. The van der Waals surface area contributed by atoms with Crippen molar-refractivity contribution in [3.05, 3.63) is 53.1 Å². The van der Waals surface area contributed by atoms with E-state index in [1.807, 2.05) is 15.8 Å². The summed E-state index contributed by atoms with van der Waals surface area (Å²) in [6.07, 6.45) is 14.1. The number of aromatic nitrogens is 2. The number of urea groups is 1. The summed E-state index contributed by atoms with van der Waals surface area (Å²) in [4.78, 5) is 14.9. The van der Waals surface area contributed by atoms with Crippen molar-refractivity contribution in [1.29, 1.82) is 0 Å². The summed E-state index contributed by atoms with van der Waals surface area (Å²) < 4.78 is 15.3. The predicted octanol–water partition coefficient (Wildman–Crippen LogP) is 6.12. The van der Waals surface area contributed by atoms with Crippen molar-refractivity contribution >= 4 is 12.1 Å². The Morgan fingerprint density at radius 3 is 2.74 bits per heavy atom. The molecule has 2 fully saturated rings. The van der Waals surface area contributed by atoms with Crippen LogP contribution < -0.4 is 5.32 Å². The molecule has 182 valence electrons. The predicted molar refractivity (Wildman–Crippen MR) is 133 cm³/mol. The quantitative estimate of drug-likeness (QED) is 0.560. The molecule has 6 heteroatoms. The van der Waals surface area contributed by atoms with Crippen LogP contribution in [0.15, 0.2) is 36.0 Å². The molecule has 3 aliphatic rings. The van der Waals surface area contributed by atoms with E-state index in [-0.39, 0.29) is 23.3 Å². The smallest absolute Gasteiger partial charge is 0.317 e. The summed E-state index contributed by atoms with van der Waals surface area (Å²) in [5.74, 6) is 0.308. The Morgan fingerprint density at radius 2 is 2.00 bits per heavy atom. The van der Waals surface area contributed by atoms with E-state index >= 15 is 0 Å². The number of hydrogen-bond donors (Lipinski definition) is 1. The molecular formula is C28H37FN4O. The van der Waals surface area contributed by atoms with E-state index in [1.54, 1.807) is 12.1 Å². The van der Waals surface area contributed by atoms with Gasteiger partial charge in [-0.05, 0) is 98.6 Å². The number of piperidine rings is 1. The fourth-order valence-corrected chi connectivity index (χ4v) is 6.40. The van der Waals surface area contributed by atoms with Crippen molar-refractivity contribution in [1.82, 2.24) is 20.0 Å². The molecule has 0 bridgehead atoms. The zero-order chi connectivity index (χ0) is 23.7. The van der Waals surface area contributed by atoms with Crippen molar-refractivity contribution < 1.29 is 9.18 Å². The van der Waals surface area contributed by atoms with Crippen LogP contribution in [0.2, 0.25) is 0 Å². The van der Waals surface area contributed by atoms with E-state index in [2.05, 4.69) is 30.3 Å². The number of nitrogens with zero attached hydrogens (tertiary/aromatic N) is 3. The van der Waals surface area contributed by atoms with Gasteiger partial charge in [0, 0.05) is 19.1 Å². The van der Waals surface area contributed by atoms with E-state index in [0.717, 1.165) is 75.8 Å². The molecule has 34 heavy (non-hydrogen) atoms. The first kappa shape index (κ1) is 23.1. The third-order valence-corrected chi connectivity index (χ3v) is 8.40. The third kappa shape index (κ3) is 4.39. The lowest BCUT2D eigenvalue weighted by Gasteiger charge is -2.38. The molecule has 3 atom stereocenters. The maximum atomic E-state index is 13.4. The highest BCUT2D eigenvalue weighted by Crippen LogP contribution is 2.54. The van der Waals surface area contributed by atoms with E-state index in [0.29, 0.717) is 5.92 Å². The van der Waals surface area contributed by atoms with Crippen LogP contribution in [0.1, 0.15) is 76.5 Å². The number of carbonyl (C=O) groups is 1. The summed E-state index contributed by atoms with van der Waals surface area (Å²) >= 11 is 0. The summed E-state index contributed by atoms with van der Waals surface area (Å²) in [5.41, 5.74) is 4.87. The number of carbonyl (C=O) groups excluding carboxylic acids is 1. The molecule has 2 aromatic rings. The molecule has 1 unspecified atom stereocenters. The van der Waals surface area contributed by atoms with Crippen LogP contribution >= 0.6 is 0 Å². The first-order chi connectivity index (χ1) is 16.5. The molecule has 2 amide bonds. The SMILES string of the molecule is CCCC(C[C@H]1CCC2=Cc3c(cnn3-c3ccc(F)cc3)C[C@@]21C)NC(=O)N1CCCCC1. The Kier molecular flexibility index (Phi) is 6.50. The molecule has 1 aromatic carbocycles. The molecule has 2 aliphatic carbocycles. The molecule has 5 rings (SSSR count). The number of likely N-dealkylation sites (tertiary alicyclic amines) is 1. The van der Waals surface area contributed by atoms with Gasteiger partial charge in [-0.2, -0.15) is 5.10 Å². The van der Waals surface area contributed by atoms with Gasteiger partial charge in [0.1, 0.15) is 5.82 Å². The Hall–Kier alpha value is -2.63. The van der Waals surface area contributed by atoms with Gasteiger partial charge in [-0.3, -0.25) is 0 Å². The lowest BCUT2D eigenvalue weighted by molar-refractivity contribution is 0.173. The minimum atomic E-state index is -0.233. The average molecular weight is 465 g/mol. The average Bonchev–Trinajstić information content (AvgIpc) is 3.38. The van der Waals surface area contributed by atoms with Crippen LogP contribution in [0.3, 0.4) is 0 Å². The van der Waals surface area contributed by atoms with Gasteiger partial charge in [0.15, 0.2) is 0 Å². The monoisotopic (exact) mass is 464 g/mol. The van der Waals surface area contributed by atoms with Gasteiger partial charge in [-0.25, -0.2) is 13.9 Å². The van der Waals surface area contributed by atoms with Gasteiger partial charge in [-0.15, -0.1) is 0 Å². The van der Waals surface area contributed by atoms with Gasteiger partial charge in [0.2, 0.25) is 0 Å². The number of rotatable bonds is 6. The van der Waals surface area contributed by atoms with Crippen molar-refractivity contribution in [3.8, 4) is 5.69 Å². The fraction of sp³-hybridized carbons (Fsp3) is 0.571. The molecule has 2 heterocycles. The van der Waals surface area contributed by atoms with Crippen LogP contribution in [0.25, 0.3) is 11.8 Å². The second-order valence-electron chi connectivity index (χ2n) is 10.7. The second-order valence-corrected chi connectivity index (χ2v) is 10.7. The van der Waals surface area contributed by atoms with Gasteiger partial charge in [-0.1, -0.05) is 25.8 Å². The molecule has 0 spiro atoms. The fourth-order valence-electron chi connectivity index (χ4n) is 6.40. The number of amides is 2. The highest BCUT2D eigenvalue weighted by atomic mass is 19.1. The maximum absolute atomic E-state index is 13.4. The Labute approximate surface area is 202 Å². The van der Waals surface area contributed by atoms with E-state index in [1.165, 1.54) is 29.7 Å². The Balaban J connectivity index is 1.32. The zero-order valence-electron chi connectivity index (χ0n) is 20.5. The maximum Gasteiger partial charge on any atom is 0.317 e. The number of nitrogens with one attached hydrogen (secondary N) is 1. The van der Waals surface area contributed by atoms with Gasteiger partial charge < -0.3 is 10.2 Å². The zero-order valence-corrected chi connectivity index (χ0v) is 20.5. The summed E-state index contributed by atoms with van der Waals surface area (Å²) in [6.45, 7) is 6.39. The number of fused-ring (bicyclic) bond motifs is 2. The van der Waals surface area contributed by atoms with Gasteiger partial charge in [0.05, 0.1) is 17.6 Å². The lowest BCUT2D eigenvalue weighted by Crippen LogP contribution is -2.47. The minimum absolute atomic E-state index is 0.103. The summed E-state index contributed by atoms with van der Waals surface area (Å²) in [7, 11) is 0. The number of hydrogen-bond acceptors (Lipinski definition) is 2. The first-order valence-electron chi connectivity index (χ1n) is 13.1. The molecule has 1 saturated carbocycles. The van der Waals surface area contributed by atoms with Crippen molar-refractivity contribution in [2.75, 3.05) is 13.1 Å². The molecular weight excluding hydrogens is 427 g/mol. The lowest BCUT2D eigenvalue weighted by atomic mass is 9.68. The molecule has 5 nitrogen and oxygen atoms in total. The van der Waals surface area contributed by atoms with Crippen LogP contribution in [0.4, 0.5) is 9.18 Å². The van der Waals surface area contributed by atoms with Crippen LogP contribution in [0, 0.1) is 17.2 Å². The highest BCUT2D eigenvalue weighted by Gasteiger charge is 2.46. The summed E-state index contributed by atoms with van der Waals surface area (Å²) in [6, 6.07) is 6.90. The van der Waals surface area contributed by atoms with Crippen LogP contribution in [0.5, 0.6) is 0 Å². The molecule has 1 aliphatic heterocycles. The number of benzene rings is 1.